The molecule has 3 aromatic rings. The van der Waals surface area contributed by atoms with Gasteiger partial charge in [0.25, 0.3) is 0 Å². The first-order chi connectivity index (χ1) is 19.2. The Morgan fingerprint density at radius 3 is 2.17 bits per heavy atom. The Morgan fingerprint density at radius 1 is 1.10 bits per heavy atom. The Bertz CT molecular complexity index is 1740. The third kappa shape index (κ3) is 8.33. The minimum absolute atomic E-state index is 0.0447. The highest BCUT2D eigenvalue weighted by atomic mass is 32.2. The molecule has 1 unspecified atom stereocenters. The monoisotopic (exact) mass is 665 g/mol. The lowest BCUT2D eigenvalue weighted by molar-refractivity contribution is -0.192. The summed E-state index contributed by atoms with van der Waals surface area (Å²) in [4.78, 5) is 22.0. The molecule has 1 amide bonds. The molecule has 0 spiro atoms. The molecule has 1 heterocycles. The lowest BCUT2D eigenvalue weighted by atomic mass is 9.98. The van der Waals surface area contributed by atoms with Crippen LogP contribution in [0.5, 0.6) is 0 Å². The van der Waals surface area contributed by atoms with Gasteiger partial charge in [-0.05, 0) is 55.5 Å². The summed E-state index contributed by atoms with van der Waals surface area (Å²) >= 11 is 2.41. The predicted molar refractivity (Wildman–Crippen MR) is 156 cm³/mol. The van der Waals surface area contributed by atoms with E-state index in [0.717, 1.165) is 23.2 Å². The highest BCUT2D eigenvalue weighted by molar-refractivity contribution is 8.01. The molecule has 17 heteroatoms. The van der Waals surface area contributed by atoms with Gasteiger partial charge in [0, 0.05) is 17.5 Å². The van der Waals surface area contributed by atoms with Gasteiger partial charge in [0.15, 0.2) is 9.84 Å². The van der Waals surface area contributed by atoms with Crippen molar-refractivity contribution < 1.29 is 44.7 Å². The minimum atomic E-state index is -5.08. The number of nitrogens with two attached hydrogens (primary N) is 1. The van der Waals surface area contributed by atoms with Gasteiger partial charge in [-0.15, -0.1) is 23.1 Å². The number of anilines is 1. The van der Waals surface area contributed by atoms with Gasteiger partial charge in [0.2, 0.25) is 15.7 Å². The largest absolute Gasteiger partial charge is 0.490 e. The number of aryl methyl sites for hydroxylation is 1. The zero-order valence-electron chi connectivity index (χ0n) is 22.4. The first kappa shape index (κ1) is 34.8. The van der Waals surface area contributed by atoms with Crippen molar-refractivity contribution >= 4 is 66.2 Å². The number of carbonyl (C=O) groups excluding carboxylic acids is 1. The van der Waals surface area contributed by atoms with Crippen LogP contribution in [0, 0.1) is 12.3 Å². The molecule has 0 aliphatic carbocycles. The Hall–Kier alpha value is -3.41. The smallest absolute Gasteiger partial charge is 0.475 e. The van der Waals surface area contributed by atoms with E-state index in [4.69, 9.17) is 21.0 Å². The first-order valence-electron chi connectivity index (χ1n) is 11.5. The van der Waals surface area contributed by atoms with E-state index in [0.29, 0.717) is 25.9 Å². The van der Waals surface area contributed by atoms with Crippen LogP contribution in [0.2, 0.25) is 0 Å². The van der Waals surface area contributed by atoms with Gasteiger partial charge < -0.3 is 16.2 Å². The number of amidine groups is 1. The number of halogens is 3. The molecule has 0 aliphatic rings. The second kappa shape index (κ2) is 13.3. The summed E-state index contributed by atoms with van der Waals surface area (Å²) in [5, 5.41) is 16.2. The summed E-state index contributed by atoms with van der Waals surface area (Å²) < 4.78 is 83.0. The summed E-state index contributed by atoms with van der Waals surface area (Å²) in [7, 11) is -7.53. The van der Waals surface area contributed by atoms with E-state index in [1.54, 1.807) is 30.5 Å². The highest BCUT2D eigenvalue weighted by Crippen LogP contribution is 2.39. The van der Waals surface area contributed by atoms with Crippen molar-refractivity contribution in [3.05, 3.63) is 59.0 Å². The zero-order chi connectivity index (χ0) is 32.2. The van der Waals surface area contributed by atoms with E-state index < -0.39 is 43.0 Å². The maximum atomic E-state index is 13.5. The summed E-state index contributed by atoms with van der Waals surface area (Å²) in [5.74, 6) is -3.64. The molecule has 5 N–H and O–H groups in total. The average Bonchev–Trinajstić information content (AvgIpc) is 3.34. The van der Waals surface area contributed by atoms with Crippen molar-refractivity contribution in [1.29, 1.82) is 5.41 Å². The van der Waals surface area contributed by atoms with Crippen molar-refractivity contribution in [3.8, 4) is 11.1 Å². The van der Waals surface area contributed by atoms with E-state index in [2.05, 4.69) is 5.32 Å². The number of hydrogen-bond donors (Lipinski definition) is 4. The fourth-order valence-corrected chi connectivity index (χ4v) is 7.70. The molecule has 10 nitrogen and oxygen atoms in total. The van der Waals surface area contributed by atoms with Crippen molar-refractivity contribution in [1.82, 2.24) is 0 Å². The third-order valence-electron chi connectivity index (χ3n) is 5.62. The number of carboxylic acids is 1. The summed E-state index contributed by atoms with van der Waals surface area (Å²) in [5.41, 5.74) is 7.84. The number of benzene rings is 2. The first-order valence-corrected chi connectivity index (χ1v) is 17.0. The molecular weight excluding hydrogens is 640 g/mol. The van der Waals surface area contributed by atoms with Crippen molar-refractivity contribution in [3.63, 3.8) is 0 Å². The van der Waals surface area contributed by atoms with E-state index in [9.17, 15) is 34.8 Å². The molecule has 0 saturated heterocycles. The van der Waals surface area contributed by atoms with E-state index >= 15 is 0 Å². The van der Waals surface area contributed by atoms with Gasteiger partial charge in [0.05, 0.1) is 18.9 Å². The number of carboxylic acid groups (broad SMARTS) is 1. The van der Waals surface area contributed by atoms with Crippen LogP contribution in [0.1, 0.15) is 17.4 Å². The van der Waals surface area contributed by atoms with Crippen LogP contribution in [0.15, 0.2) is 62.5 Å². The molecule has 0 aliphatic heterocycles. The Labute approximate surface area is 248 Å². The molecule has 1 atom stereocenters. The number of aliphatic carboxylic acids is 1. The van der Waals surface area contributed by atoms with Gasteiger partial charge in [-0.1, -0.05) is 24.3 Å². The van der Waals surface area contributed by atoms with E-state index in [-0.39, 0.29) is 15.6 Å². The quantitative estimate of drug-likeness (QED) is 0.152. The van der Waals surface area contributed by atoms with Gasteiger partial charge in [-0.2, -0.15) is 13.2 Å². The summed E-state index contributed by atoms with van der Waals surface area (Å²) in [6.45, 7) is 3.13. The van der Waals surface area contributed by atoms with Crippen LogP contribution in [-0.2, 0) is 29.3 Å². The van der Waals surface area contributed by atoms with Crippen molar-refractivity contribution in [2.24, 2.45) is 5.73 Å². The number of nitrogens with one attached hydrogen (secondary N) is 2. The average molecular weight is 666 g/mol. The normalized spacial score (nSPS) is 12.5. The van der Waals surface area contributed by atoms with Gasteiger partial charge in [-0.3, -0.25) is 10.2 Å². The number of thiophene rings is 1. The van der Waals surface area contributed by atoms with Crippen LogP contribution < -0.4 is 11.1 Å². The van der Waals surface area contributed by atoms with Crippen molar-refractivity contribution in [2.45, 2.75) is 39.3 Å². The molecule has 2 aromatic carbocycles. The predicted octanol–water partition coefficient (Wildman–Crippen LogP) is 4.57. The number of thioether (sulfide) groups is 1. The van der Waals surface area contributed by atoms with Gasteiger partial charge >= 0.3 is 12.1 Å². The molecule has 1 aromatic heterocycles. The molecule has 0 saturated carbocycles. The lowest BCUT2D eigenvalue weighted by Crippen LogP contribution is -2.32. The molecule has 0 fully saturated rings. The van der Waals surface area contributed by atoms with Crippen LogP contribution in [0.3, 0.4) is 0 Å². The third-order valence-corrected chi connectivity index (χ3v) is 11.5. The molecule has 228 valence electrons. The van der Waals surface area contributed by atoms with Crippen LogP contribution in [0.25, 0.3) is 11.1 Å². The second-order valence-corrected chi connectivity index (χ2v) is 15.1. The fourth-order valence-electron chi connectivity index (χ4n) is 3.35. The standard InChI is InChI=1S/C23H25N3O5S4.C2HF3O2/c1-13-7-5-10-17(26-22(27)14(2)34(4,28)29)20(13)15-8-6-9-16(11-15)35(30,31)19-12-18(21(24)25)33-23(19)32-3;3-2(4,5)1(6)7/h5-12,14H,1-4H3,(H3,24,25)(H,26,27);(H,6,7). The Morgan fingerprint density at radius 2 is 1.67 bits per heavy atom. The van der Waals surface area contributed by atoms with Crippen LogP contribution in [-0.4, -0.2) is 63.6 Å². The summed E-state index contributed by atoms with van der Waals surface area (Å²) in [6, 6.07) is 12.9. The second-order valence-electron chi connectivity index (χ2n) is 8.67. The summed E-state index contributed by atoms with van der Waals surface area (Å²) in [6.07, 6.45) is -2.33. The SMILES string of the molecule is CSc1sc(C(=N)N)cc1S(=O)(=O)c1cccc(-c2c(C)cccc2NC(=O)C(C)S(C)(=O)=O)c1.O=C(O)C(F)(F)F. The topological polar surface area (TPSA) is 185 Å². The highest BCUT2D eigenvalue weighted by Gasteiger charge is 2.38. The number of rotatable bonds is 8. The Kier molecular flexibility index (Phi) is 11.0. The maximum Gasteiger partial charge on any atom is 0.490 e. The van der Waals surface area contributed by atoms with Crippen molar-refractivity contribution in [2.75, 3.05) is 17.8 Å². The number of hydrogen-bond acceptors (Lipinski definition) is 9. The van der Waals surface area contributed by atoms with E-state index in [1.807, 2.05) is 13.0 Å². The molecule has 0 bridgehead atoms. The molecule has 42 heavy (non-hydrogen) atoms. The number of nitrogen functional groups attached to an aromatic ring is 1. The molecular formula is C25H26F3N3O7S4. The molecule has 0 radical (unpaired) electrons. The lowest BCUT2D eigenvalue weighted by Gasteiger charge is -2.17. The maximum absolute atomic E-state index is 13.5. The van der Waals surface area contributed by atoms with Crippen LogP contribution in [0.4, 0.5) is 18.9 Å². The molecule has 3 rings (SSSR count). The van der Waals surface area contributed by atoms with Gasteiger partial charge in [-0.25, -0.2) is 21.6 Å². The number of alkyl halides is 3. The zero-order valence-corrected chi connectivity index (χ0v) is 25.7. The van der Waals surface area contributed by atoms with Gasteiger partial charge in [0.1, 0.15) is 11.1 Å². The van der Waals surface area contributed by atoms with Crippen LogP contribution >= 0.6 is 23.1 Å². The number of sulfone groups is 2. The van der Waals surface area contributed by atoms with E-state index in [1.165, 1.54) is 36.9 Å². The number of carbonyl (C=O) groups is 2. The number of amides is 1. The Balaban J connectivity index is 0.000000782. The minimum Gasteiger partial charge on any atom is -0.475 e. The fraction of sp³-hybridized carbons (Fsp3) is 0.240.